The molecule has 0 saturated carbocycles. The molecule has 2 aromatic carbocycles. The predicted octanol–water partition coefficient (Wildman–Crippen LogP) is 2.37. The van der Waals surface area contributed by atoms with Gasteiger partial charge in [0, 0.05) is 10.6 Å². The highest BCUT2D eigenvalue weighted by atomic mass is 32.1. The van der Waals surface area contributed by atoms with Crippen LogP contribution in [-0.4, -0.2) is 45.7 Å². The Kier molecular flexibility index (Phi) is 6.67. The molecule has 0 unspecified atom stereocenters. The molecule has 1 aliphatic rings. The number of hydrogen-bond donors (Lipinski definition) is 2. The maximum atomic E-state index is 12.9. The van der Waals surface area contributed by atoms with E-state index in [-0.39, 0.29) is 11.9 Å². The predicted molar refractivity (Wildman–Crippen MR) is 122 cm³/mol. The number of nitrogens with one attached hydrogen (secondary N) is 2. The smallest absolute Gasteiger partial charge is 0.275 e. The molecule has 2 heterocycles. The van der Waals surface area contributed by atoms with Crippen LogP contribution in [0.5, 0.6) is 5.75 Å². The van der Waals surface area contributed by atoms with E-state index >= 15 is 0 Å². The number of nitrogens with zero attached hydrogens (tertiary/aromatic N) is 1. The van der Waals surface area contributed by atoms with E-state index in [2.05, 4.69) is 45.9 Å². The van der Waals surface area contributed by atoms with Gasteiger partial charge in [0.05, 0.1) is 39.3 Å². The topological polar surface area (TPSA) is 46.0 Å². The first-order chi connectivity index (χ1) is 14.7. The Morgan fingerprint density at radius 1 is 1.07 bits per heavy atom. The zero-order chi connectivity index (χ0) is 20.8. The summed E-state index contributed by atoms with van der Waals surface area (Å²) in [7, 11) is 1.68. The van der Waals surface area contributed by atoms with Gasteiger partial charge in [0.1, 0.15) is 5.75 Å². The Morgan fingerprint density at radius 2 is 1.80 bits per heavy atom. The minimum Gasteiger partial charge on any atom is -0.497 e. The molecule has 6 heteroatoms. The number of methoxy groups -OCH3 is 1. The molecule has 1 saturated heterocycles. The first-order valence-corrected chi connectivity index (χ1v) is 11.2. The van der Waals surface area contributed by atoms with Crippen LogP contribution in [0.25, 0.3) is 0 Å². The van der Waals surface area contributed by atoms with Crippen molar-refractivity contribution in [3.05, 3.63) is 82.6 Å². The minimum absolute atomic E-state index is 0.0845. The lowest BCUT2D eigenvalue weighted by Crippen LogP contribution is -3.16. The minimum atomic E-state index is -0.0845. The second-order valence-corrected chi connectivity index (χ2v) is 8.52. The highest BCUT2D eigenvalue weighted by Gasteiger charge is 2.24. The molecule has 30 heavy (non-hydrogen) atoms. The van der Waals surface area contributed by atoms with E-state index in [9.17, 15) is 4.79 Å². The molecule has 1 fully saturated rings. The zero-order valence-electron chi connectivity index (χ0n) is 17.2. The number of anilines is 1. The highest BCUT2D eigenvalue weighted by Crippen LogP contribution is 2.25. The van der Waals surface area contributed by atoms with Gasteiger partial charge >= 0.3 is 0 Å². The number of rotatable bonds is 7. The van der Waals surface area contributed by atoms with E-state index < -0.39 is 0 Å². The molecule has 156 valence electrons. The van der Waals surface area contributed by atoms with Gasteiger partial charge in [0.25, 0.3) is 5.91 Å². The van der Waals surface area contributed by atoms with Crippen LogP contribution in [0.15, 0.2) is 72.1 Å². The van der Waals surface area contributed by atoms with Crippen molar-refractivity contribution in [2.75, 3.05) is 44.7 Å². The fraction of sp³-hybridized carbons (Fsp3) is 0.292. The molecule has 1 aromatic heterocycles. The van der Waals surface area contributed by atoms with Crippen molar-refractivity contribution in [2.45, 2.75) is 6.04 Å². The Morgan fingerprint density at radius 3 is 2.43 bits per heavy atom. The van der Waals surface area contributed by atoms with Crippen LogP contribution >= 0.6 is 11.3 Å². The lowest BCUT2D eigenvalue weighted by molar-refractivity contribution is -0.892. The quantitative estimate of drug-likeness (QED) is 0.615. The van der Waals surface area contributed by atoms with Crippen molar-refractivity contribution in [2.24, 2.45) is 0 Å². The van der Waals surface area contributed by atoms with E-state index in [1.54, 1.807) is 18.4 Å². The van der Waals surface area contributed by atoms with E-state index in [0.717, 1.165) is 42.4 Å². The number of hydrogen-bond acceptors (Lipinski definition) is 4. The first-order valence-electron chi connectivity index (χ1n) is 10.3. The van der Waals surface area contributed by atoms with E-state index in [0.29, 0.717) is 6.54 Å². The maximum absolute atomic E-state index is 12.9. The number of carbonyl (C=O) groups is 1. The standard InChI is InChI=1S/C24H27N3O2S/c1-29-21-11-9-20(10-12-21)27-15-13-26(14-16-27)18-23(28)25-24(22-8-5-17-30-22)19-6-3-2-4-7-19/h2-12,17,24H,13-16,18H2,1H3,(H,25,28)/p+1/t24-/m1/s1. The van der Waals surface area contributed by atoms with Gasteiger partial charge in [-0.3, -0.25) is 4.79 Å². The summed E-state index contributed by atoms with van der Waals surface area (Å²) in [6, 6.07) is 22.4. The van der Waals surface area contributed by atoms with Gasteiger partial charge in [-0.15, -0.1) is 11.3 Å². The van der Waals surface area contributed by atoms with Gasteiger partial charge in [-0.25, -0.2) is 0 Å². The van der Waals surface area contributed by atoms with Crippen molar-refractivity contribution < 1.29 is 14.4 Å². The second-order valence-electron chi connectivity index (χ2n) is 7.54. The fourth-order valence-corrected chi connectivity index (χ4v) is 4.71. The SMILES string of the molecule is COc1ccc(N2CC[NH+](CC(=O)N[C@H](c3ccccc3)c3cccs3)CC2)cc1. The van der Waals surface area contributed by atoms with Crippen molar-refractivity contribution in [1.29, 1.82) is 0 Å². The van der Waals surface area contributed by atoms with E-state index in [1.165, 1.54) is 10.6 Å². The summed E-state index contributed by atoms with van der Waals surface area (Å²) in [5, 5.41) is 5.32. The second kappa shape index (κ2) is 9.78. The van der Waals surface area contributed by atoms with Crippen molar-refractivity contribution >= 4 is 22.9 Å². The van der Waals surface area contributed by atoms with Gasteiger partial charge in [-0.05, 0) is 41.3 Å². The van der Waals surface area contributed by atoms with Crippen molar-refractivity contribution in [3.63, 3.8) is 0 Å². The number of amides is 1. The molecule has 3 aromatic rings. The lowest BCUT2D eigenvalue weighted by atomic mass is 10.1. The molecular weight excluding hydrogens is 394 g/mol. The molecule has 1 atom stereocenters. The molecule has 0 aliphatic carbocycles. The fourth-order valence-electron chi connectivity index (χ4n) is 3.91. The molecular formula is C24H28N3O2S+. The monoisotopic (exact) mass is 422 g/mol. The highest BCUT2D eigenvalue weighted by molar-refractivity contribution is 7.10. The Labute approximate surface area is 181 Å². The third kappa shape index (κ3) is 5.01. The summed E-state index contributed by atoms with van der Waals surface area (Å²) in [6.45, 7) is 4.30. The Bertz CT molecular complexity index is 921. The van der Waals surface area contributed by atoms with Crippen molar-refractivity contribution in [1.82, 2.24) is 5.32 Å². The van der Waals surface area contributed by atoms with Gasteiger partial charge in [0.15, 0.2) is 6.54 Å². The number of benzene rings is 2. The summed E-state index contributed by atoms with van der Waals surface area (Å²) in [5.74, 6) is 0.976. The summed E-state index contributed by atoms with van der Waals surface area (Å²) >= 11 is 1.68. The first kappa shape index (κ1) is 20.4. The van der Waals surface area contributed by atoms with Gasteiger partial charge in [-0.2, -0.15) is 0 Å². The van der Waals surface area contributed by atoms with Gasteiger partial charge in [0.2, 0.25) is 0 Å². The molecule has 5 nitrogen and oxygen atoms in total. The van der Waals surface area contributed by atoms with Gasteiger partial charge < -0.3 is 19.9 Å². The van der Waals surface area contributed by atoms with Crippen LogP contribution in [0.1, 0.15) is 16.5 Å². The van der Waals surface area contributed by atoms with Crippen LogP contribution in [-0.2, 0) is 4.79 Å². The summed E-state index contributed by atoms with van der Waals surface area (Å²) in [5.41, 5.74) is 2.33. The zero-order valence-corrected chi connectivity index (χ0v) is 18.0. The maximum Gasteiger partial charge on any atom is 0.275 e. The third-order valence-electron chi connectivity index (χ3n) is 5.58. The van der Waals surface area contributed by atoms with Crippen LogP contribution in [0.3, 0.4) is 0 Å². The average Bonchev–Trinajstić information content (AvgIpc) is 3.33. The normalized spacial score (nSPS) is 15.6. The molecule has 0 radical (unpaired) electrons. The summed E-state index contributed by atoms with van der Waals surface area (Å²) < 4.78 is 5.24. The van der Waals surface area contributed by atoms with Crippen LogP contribution < -0.4 is 19.9 Å². The molecule has 1 aliphatic heterocycles. The number of thiophene rings is 1. The average molecular weight is 423 g/mol. The Balaban J connectivity index is 1.32. The van der Waals surface area contributed by atoms with Gasteiger partial charge in [-0.1, -0.05) is 36.4 Å². The third-order valence-corrected chi connectivity index (χ3v) is 6.52. The van der Waals surface area contributed by atoms with Crippen LogP contribution in [0.4, 0.5) is 5.69 Å². The number of piperazine rings is 1. The Hall–Kier alpha value is -2.83. The molecule has 0 bridgehead atoms. The molecule has 1 amide bonds. The summed E-state index contributed by atoms with van der Waals surface area (Å²) in [6.07, 6.45) is 0. The number of ether oxygens (including phenoxy) is 1. The van der Waals surface area contributed by atoms with E-state index in [1.807, 2.05) is 36.4 Å². The molecule has 0 spiro atoms. The van der Waals surface area contributed by atoms with Crippen molar-refractivity contribution in [3.8, 4) is 5.75 Å². The van der Waals surface area contributed by atoms with E-state index in [4.69, 9.17) is 4.74 Å². The molecule has 4 rings (SSSR count). The molecule has 2 N–H and O–H groups in total. The number of carbonyl (C=O) groups excluding carboxylic acids is 1. The summed E-state index contributed by atoms with van der Waals surface area (Å²) in [4.78, 5) is 17.7. The lowest BCUT2D eigenvalue weighted by Gasteiger charge is -2.33. The van der Waals surface area contributed by atoms with Crippen LogP contribution in [0.2, 0.25) is 0 Å². The van der Waals surface area contributed by atoms with Crippen LogP contribution in [0, 0.1) is 0 Å². The number of quaternary nitrogens is 1. The largest absolute Gasteiger partial charge is 0.497 e.